The smallest absolute Gasteiger partial charge is 0.417 e. The van der Waals surface area contributed by atoms with Crippen molar-refractivity contribution in [3.05, 3.63) is 0 Å². The summed E-state index contributed by atoms with van der Waals surface area (Å²) in [7, 11) is 0. The Morgan fingerprint density at radius 2 is 2.36 bits per heavy atom. The SMILES string of the molecule is CSCC(=O)N1C(=O)OC[C@@H]1C(C)C. The Kier molecular flexibility index (Phi) is 3.80. The summed E-state index contributed by atoms with van der Waals surface area (Å²) in [5.41, 5.74) is 0. The first-order chi connectivity index (χ1) is 6.57. The maximum atomic E-state index is 11.6. The van der Waals surface area contributed by atoms with Crippen molar-refractivity contribution in [2.75, 3.05) is 18.6 Å². The maximum Gasteiger partial charge on any atom is 0.417 e. The van der Waals surface area contributed by atoms with E-state index in [9.17, 15) is 9.59 Å². The standard InChI is InChI=1S/C9H15NO3S/c1-6(2)7-4-13-9(12)10(7)8(11)5-14-3/h6-7H,4-5H2,1-3H3/t7-/m1/s1. The third-order valence-corrected chi connectivity index (χ3v) is 2.75. The molecule has 0 unspecified atom stereocenters. The van der Waals surface area contributed by atoms with Crippen LogP contribution in [-0.2, 0) is 9.53 Å². The largest absolute Gasteiger partial charge is 0.447 e. The minimum Gasteiger partial charge on any atom is -0.447 e. The van der Waals surface area contributed by atoms with E-state index in [1.165, 1.54) is 16.7 Å². The van der Waals surface area contributed by atoms with Crippen LogP contribution in [0.4, 0.5) is 4.79 Å². The molecule has 1 atom stereocenters. The van der Waals surface area contributed by atoms with Gasteiger partial charge in [-0.3, -0.25) is 4.79 Å². The van der Waals surface area contributed by atoms with Crippen LogP contribution in [0.25, 0.3) is 0 Å². The van der Waals surface area contributed by atoms with E-state index < -0.39 is 6.09 Å². The highest BCUT2D eigenvalue weighted by Gasteiger charge is 2.38. The average molecular weight is 217 g/mol. The van der Waals surface area contributed by atoms with Gasteiger partial charge in [-0.15, -0.1) is 0 Å². The normalized spacial score (nSPS) is 21.6. The number of ether oxygens (including phenoxy) is 1. The second-order valence-electron chi connectivity index (χ2n) is 3.59. The molecule has 0 radical (unpaired) electrons. The number of carbonyl (C=O) groups excluding carboxylic acids is 2. The molecule has 80 valence electrons. The summed E-state index contributed by atoms with van der Waals surface area (Å²) in [6.07, 6.45) is 1.34. The first-order valence-corrected chi connectivity index (χ1v) is 5.95. The molecule has 0 aromatic rings. The number of hydrogen-bond acceptors (Lipinski definition) is 4. The number of imide groups is 1. The summed E-state index contributed by atoms with van der Waals surface area (Å²) in [6.45, 7) is 4.29. The minimum absolute atomic E-state index is 0.0952. The fourth-order valence-electron chi connectivity index (χ4n) is 1.41. The molecule has 1 aliphatic rings. The number of thioether (sulfide) groups is 1. The minimum atomic E-state index is -0.497. The average Bonchev–Trinajstić information content (AvgIpc) is 2.47. The van der Waals surface area contributed by atoms with E-state index in [4.69, 9.17) is 4.74 Å². The van der Waals surface area contributed by atoms with Crippen LogP contribution >= 0.6 is 11.8 Å². The Morgan fingerprint density at radius 3 is 2.86 bits per heavy atom. The van der Waals surface area contributed by atoms with Crippen molar-refractivity contribution >= 4 is 23.8 Å². The molecule has 2 amide bonds. The van der Waals surface area contributed by atoms with Gasteiger partial charge in [-0.1, -0.05) is 13.8 Å². The van der Waals surface area contributed by atoms with E-state index >= 15 is 0 Å². The zero-order valence-corrected chi connectivity index (χ0v) is 9.47. The molecule has 1 fully saturated rings. The van der Waals surface area contributed by atoms with Crippen molar-refractivity contribution in [3.63, 3.8) is 0 Å². The van der Waals surface area contributed by atoms with Gasteiger partial charge in [-0.2, -0.15) is 11.8 Å². The van der Waals surface area contributed by atoms with Crippen LogP contribution in [0.5, 0.6) is 0 Å². The Bertz CT molecular complexity index is 242. The lowest BCUT2D eigenvalue weighted by Gasteiger charge is -2.21. The van der Waals surface area contributed by atoms with Crippen molar-refractivity contribution in [1.82, 2.24) is 4.90 Å². The highest BCUT2D eigenvalue weighted by Crippen LogP contribution is 2.20. The predicted molar refractivity (Wildman–Crippen MR) is 55.2 cm³/mol. The van der Waals surface area contributed by atoms with E-state index in [2.05, 4.69) is 0 Å². The van der Waals surface area contributed by atoms with Crippen molar-refractivity contribution in [3.8, 4) is 0 Å². The lowest BCUT2D eigenvalue weighted by molar-refractivity contribution is -0.126. The molecule has 1 aliphatic heterocycles. The summed E-state index contributed by atoms with van der Waals surface area (Å²) in [5, 5.41) is 0. The highest BCUT2D eigenvalue weighted by atomic mass is 32.2. The molecule has 1 rings (SSSR count). The van der Waals surface area contributed by atoms with E-state index in [0.29, 0.717) is 12.4 Å². The summed E-state index contributed by atoms with van der Waals surface area (Å²) < 4.78 is 4.86. The number of amides is 2. The number of carbonyl (C=O) groups is 2. The number of cyclic esters (lactones) is 1. The van der Waals surface area contributed by atoms with Crippen LogP contribution in [0, 0.1) is 5.92 Å². The quantitative estimate of drug-likeness (QED) is 0.716. The van der Waals surface area contributed by atoms with Gasteiger partial charge < -0.3 is 4.74 Å². The van der Waals surface area contributed by atoms with Crippen LogP contribution in [-0.4, -0.2) is 41.6 Å². The third kappa shape index (κ3) is 2.20. The molecule has 1 saturated heterocycles. The molecular weight excluding hydrogens is 202 g/mol. The fraction of sp³-hybridized carbons (Fsp3) is 0.778. The Balaban J connectivity index is 2.71. The zero-order chi connectivity index (χ0) is 10.7. The molecular formula is C9H15NO3S. The lowest BCUT2D eigenvalue weighted by atomic mass is 10.0. The van der Waals surface area contributed by atoms with Crippen LogP contribution < -0.4 is 0 Å². The van der Waals surface area contributed by atoms with Crippen molar-refractivity contribution < 1.29 is 14.3 Å². The molecule has 1 heterocycles. The van der Waals surface area contributed by atoms with Gasteiger partial charge in [0.2, 0.25) is 5.91 Å². The van der Waals surface area contributed by atoms with Crippen molar-refractivity contribution in [1.29, 1.82) is 0 Å². The molecule has 0 bridgehead atoms. The Hall–Kier alpha value is -0.710. The number of nitrogens with zero attached hydrogens (tertiary/aromatic N) is 1. The van der Waals surface area contributed by atoms with Crippen LogP contribution in [0.3, 0.4) is 0 Å². The topological polar surface area (TPSA) is 46.6 Å². The first kappa shape index (κ1) is 11.4. The third-order valence-electron chi connectivity index (χ3n) is 2.21. The lowest BCUT2D eigenvalue weighted by Crippen LogP contribution is -2.42. The molecule has 0 saturated carbocycles. The van der Waals surface area contributed by atoms with E-state index in [0.717, 1.165) is 0 Å². The first-order valence-electron chi connectivity index (χ1n) is 4.55. The van der Waals surface area contributed by atoms with E-state index in [1.54, 1.807) is 0 Å². The Labute approximate surface area is 88.0 Å². The maximum absolute atomic E-state index is 11.6. The summed E-state index contributed by atoms with van der Waals surface area (Å²) >= 11 is 1.41. The molecule has 14 heavy (non-hydrogen) atoms. The highest BCUT2D eigenvalue weighted by molar-refractivity contribution is 7.99. The van der Waals surface area contributed by atoms with E-state index in [1.807, 2.05) is 20.1 Å². The van der Waals surface area contributed by atoms with Gasteiger partial charge in [-0.05, 0) is 12.2 Å². The van der Waals surface area contributed by atoms with Gasteiger partial charge in [0.25, 0.3) is 0 Å². The van der Waals surface area contributed by atoms with Gasteiger partial charge in [0.15, 0.2) is 0 Å². The summed E-state index contributed by atoms with van der Waals surface area (Å²) in [6, 6.07) is -0.0952. The van der Waals surface area contributed by atoms with Gasteiger partial charge in [-0.25, -0.2) is 9.69 Å². The molecule has 0 aromatic carbocycles. The van der Waals surface area contributed by atoms with Gasteiger partial charge >= 0.3 is 6.09 Å². The van der Waals surface area contributed by atoms with Crippen molar-refractivity contribution in [2.45, 2.75) is 19.9 Å². The zero-order valence-electron chi connectivity index (χ0n) is 8.65. The monoisotopic (exact) mass is 217 g/mol. The van der Waals surface area contributed by atoms with Gasteiger partial charge in [0.05, 0.1) is 11.8 Å². The molecule has 0 aromatic heterocycles. The summed E-state index contributed by atoms with van der Waals surface area (Å²) in [4.78, 5) is 24.1. The summed E-state index contributed by atoms with van der Waals surface area (Å²) in [5.74, 6) is 0.421. The van der Waals surface area contributed by atoms with Crippen LogP contribution in [0.15, 0.2) is 0 Å². The number of rotatable bonds is 3. The Morgan fingerprint density at radius 1 is 1.71 bits per heavy atom. The van der Waals surface area contributed by atoms with E-state index in [-0.39, 0.29) is 17.9 Å². The molecule has 0 spiro atoms. The predicted octanol–water partition coefficient (Wildman–Crippen LogP) is 1.35. The van der Waals surface area contributed by atoms with Crippen LogP contribution in [0.1, 0.15) is 13.8 Å². The molecule has 0 N–H and O–H groups in total. The molecule has 0 aliphatic carbocycles. The van der Waals surface area contributed by atoms with Gasteiger partial charge in [0.1, 0.15) is 6.61 Å². The fourth-order valence-corrected chi connectivity index (χ4v) is 1.79. The molecule has 5 heteroatoms. The second kappa shape index (κ2) is 4.68. The van der Waals surface area contributed by atoms with Crippen molar-refractivity contribution in [2.24, 2.45) is 5.92 Å². The second-order valence-corrected chi connectivity index (χ2v) is 4.45. The molecule has 4 nitrogen and oxygen atoms in total. The van der Waals surface area contributed by atoms with Gasteiger partial charge in [0, 0.05) is 0 Å². The number of hydrogen-bond donors (Lipinski definition) is 0. The van der Waals surface area contributed by atoms with Crippen LogP contribution in [0.2, 0.25) is 0 Å².